The Morgan fingerprint density at radius 2 is 2.24 bits per heavy atom. The van der Waals surface area contributed by atoms with Gasteiger partial charge in [-0.1, -0.05) is 11.6 Å². The zero-order valence-corrected chi connectivity index (χ0v) is 11.6. The maximum atomic E-state index is 6.01. The quantitative estimate of drug-likeness (QED) is 0.890. The van der Waals surface area contributed by atoms with E-state index in [9.17, 15) is 0 Å². The van der Waals surface area contributed by atoms with Gasteiger partial charge in [-0.15, -0.1) is 0 Å². The summed E-state index contributed by atoms with van der Waals surface area (Å²) in [7, 11) is 2.03. The predicted octanol–water partition coefficient (Wildman–Crippen LogP) is 3.08. The monoisotopic (exact) mass is 252 g/mol. The molecule has 2 atom stereocenters. The van der Waals surface area contributed by atoms with Crippen molar-refractivity contribution in [3.63, 3.8) is 0 Å². The average molecular weight is 253 g/mol. The Hall–Kier alpha value is -0.730. The minimum Gasteiger partial charge on any atom is -0.368 e. The largest absolute Gasteiger partial charge is 0.368 e. The number of hydrogen-bond donors (Lipinski definition) is 1. The van der Waals surface area contributed by atoms with Crippen LogP contribution in [-0.2, 0) is 0 Å². The second kappa shape index (κ2) is 5.28. The van der Waals surface area contributed by atoms with E-state index >= 15 is 0 Å². The van der Waals surface area contributed by atoms with Crippen molar-refractivity contribution in [2.24, 2.45) is 5.92 Å². The lowest BCUT2D eigenvalue weighted by Gasteiger charge is -2.28. The Morgan fingerprint density at radius 3 is 2.88 bits per heavy atom. The maximum absolute atomic E-state index is 6.01. The van der Waals surface area contributed by atoms with Crippen molar-refractivity contribution < 1.29 is 0 Å². The van der Waals surface area contributed by atoms with Crippen molar-refractivity contribution in [3.05, 3.63) is 28.8 Å². The van der Waals surface area contributed by atoms with Gasteiger partial charge in [0.2, 0.25) is 0 Å². The van der Waals surface area contributed by atoms with Crippen LogP contribution in [0.2, 0.25) is 5.02 Å². The summed E-state index contributed by atoms with van der Waals surface area (Å²) in [6.07, 6.45) is 1.27. The van der Waals surface area contributed by atoms with Crippen molar-refractivity contribution in [1.82, 2.24) is 5.32 Å². The predicted molar refractivity (Wildman–Crippen MR) is 75.0 cm³/mol. The lowest BCUT2D eigenvalue weighted by atomic mass is 10.0. The molecule has 0 spiro atoms. The number of hydrogen-bond acceptors (Lipinski definition) is 2. The van der Waals surface area contributed by atoms with Crippen LogP contribution in [0, 0.1) is 12.8 Å². The molecule has 1 N–H and O–H groups in total. The summed E-state index contributed by atoms with van der Waals surface area (Å²) in [6, 6.07) is 6.79. The fraction of sp³-hybridized carbons (Fsp3) is 0.571. The normalized spacial score (nSPS) is 24.4. The summed E-state index contributed by atoms with van der Waals surface area (Å²) < 4.78 is 0. The van der Waals surface area contributed by atoms with E-state index in [1.165, 1.54) is 17.7 Å². The van der Waals surface area contributed by atoms with Crippen molar-refractivity contribution in [3.8, 4) is 0 Å². The number of rotatable bonds is 3. The number of halogens is 1. The second-order valence-electron chi connectivity index (χ2n) is 4.97. The maximum Gasteiger partial charge on any atom is 0.0410 e. The van der Waals surface area contributed by atoms with E-state index in [-0.39, 0.29) is 0 Å². The average Bonchev–Trinajstić information content (AvgIpc) is 2.62. The van der Waals surface area contributed by atoms with Crippen LogP contribution < -0.4 is 10.2 Å². The van der Waals surface area contributed by atoms with Gasteiger partial charge in [0.1, 0.15) is 0 Å². The van der Waals surface area contributed by atoms with Gasteiger partial charge in [0.15, 0.2) is 0 Å². The van der Waals surface area contributed by atoms with E-state index in [1.807, 2.05) is 13.1 Å². The molecule has 0 saturated carbocycles. The van der Waals surface area contributed by atoms with Crippen LogP contribution in [0.5, 0.6) is 0 Å². The fourth-order valence-corrected chi connectivity index (χ4v) is 3.05. The van der Waals surface area contributed by atoms with Crippen molar-refractivity contribution in [1.29, 1.82) is 0 Å². The zero-order chi connectivity index (χ0) is 12.4. The topological polar surface area (TPSA) is 15.3 Å². The minimum atomic E-state index is 0.599. The molecule has 0 aliphatic carbocycles. The summed E-state index contributed by atoms with van der Waals surface area (Å²) in [4.78, 5) is 2.51. The Bertz CT molecular complexity index is 392. The highest BCUT2D eigenvalue weighted by Crippen LogP contribution is 2.32. The number of nitrogens with one attached hydrogen (secondary N) is 1. The molecule has 94 valence electrons. The molecule has 1 heterocycles. The molecule has 3 heteroatoms. The minimum absolute atomic E-state index is 0.599. The molecule has 2 unspecified atom stereocenters. The van der Waals surface area contributed by atoms with E-state index in [4.69, 9.17) is 11.6 Å². The molecular formula is C14H21ClN2. The van der Waals surface area contributed by atoms with E-state index in [0.29, 0.717) is 6.04 Å². The van der Waals surface area contributed by atoms with E-state index < -0.39 is 0 Å². The lowest BCUT2D eigenvalue weighted by Crippen LogP contribution is -2.33. The van der Waals surface area contributed by atoms with Crippen molar-refractivity contribution in [2.45, 2.75) is 26.3 Å². The molecule has 1 aliphatic heterocycles. The molecule has 0 radical (unpaired) electrons. The molecule has 0 bridgehead atoms. The van der Waals surface area contributed by atoms with Crippen LogP contribution in [0.4, 0.5) is 5.69 Å². The molecule has 1 saturated heterocycles. The van der Waals surface area contributed by atoms with Gasteiger partial charge in [-0.25, -0.2) is 0 Å². The molecule has 17 heavy (non-hydrogen) atoms. The lowest BCUT2D eigenvalue weighted by molar-refractivity contribution is 0.473. The number of aryl methyl sites for hydroxylation is 1. The van der Waals surface area contributed by atoms with E-state index in [2.05, 4.69) is 36.2 Å². The summed E-state index contributed by atoms with van der Waals surface area (Å²) in [5.74, 6) is 0.745. The first kappa shape index (κ1) is 12.7. The summed E-state index contributed by atoms with van der Waals surface area (Å²) in [5, 5.41) is 4.11. The molecule has 1 fully saturated rings. The highest BCUT2D eigenvalue weighted by atomic mass is 35.5. The van der Waals surface area contributed by atoms with E-state index in [1.54, 1.807) is 0 Å². The summed E-state index contributed by atoms with van der Waals surface area (Å²) in [6.45, 7) is 6.71. The fourth-order valence-electron chi connectivity index (χ4n) is 2.82. The van der Waals surface area contributed by atoms with Crippen LogP contribution in [0.1, 0.15) is 18.9 Å². The second-order valence-corrected chi connectivity index (χ2v) is 5.41. The van der Waals surface area contributed by atoms with Crippen LogP contribution in [0.15, 0.2) is 18.2 Å². The third-order valence-corrected chi connectivity index (χ3v) is 4.08. The highest BCUT2D eigenvalue weighted by Gasteiger charge is 2.30. The van der Waals surface area contributed by atoms with Gasteiger partial charge in [-0.3, -0.25) is 0 Å². The molecule has 0 amide bonds. The molecule has 0 aromatic heterocycles. The van der Waals surface area contributed by atoms with Gasteiger partial charge in [0.25, 0.3) is 0 Å². The Balaban J connectivity index is 2.18. The first-order valence-electron chi connectivity index (χ1n) is 6.31. The third kappa shape index (κ3) is 2.58. The van der Waals surface area contributed by atoms with Gasteiger partial charge in [0.05, 0.1) is 0 Å². The number of anilines is 1. The Labute approximate surface area is 109 Å². The van der Waals surface area contributed by atoms with Crippen molar-refractivity contribution in [2.75, 3.05) is 25.0 Å². The molecule has 2 nitrogen and oxygen atoms in total. The van der Waals surface area contributed by atoms with Gasteiger partial charge < -0.3 is 10.2 Å². The van der Waals surface area contributed by atoms with Gasteiger partial charge in [-0.05, 0) is 63.5 Å². The Morgan fingerprint density at radius 1 is 1.47 bits per heavy atom. The number of benzene rings is 1. The van der Waals surface area contributed by atoms with E-state index in [0.717, 1.165) is 24.0 Å². The molecule has 1 aliphatic rings. The van der Waals surface area contributed by atoms with Crippen LogP contribution in [0.25, 0.3) is 0 Å². The molecular weight excluding hydrogens is 232 g/mol. The van der Waals surface area contributed by atoms with Crippen LogP contribution >= 0.6 is 11.6 Å². The Kier molecular flexibility index (Phi) is 3.95. The molecule has 1 aromatic carbocycles. The standard InChI is InChI=1S/C14H21ClN2/c1-10-8-13(15)4-5-14(10)17-7-6-12(9-16-3)11(17)2/h4-5,8,11-12,16H,6-7,9H2,1-3H3. The first-order chi connectivity index (χ1) is 8.13. The van der Waals surface area contributed by atoms with Crippen LogP contribution in [0.3, 0.4) is 0 Å². The molecule has 1 aromatic rings. The smallest absolute Gasteiger partial charge is 0.0410 e. The van der Waals surface area contributed by atoms with Gasteiger partial charge >= 0.3 is 0 Å². The zero-order valence-electron chi connectivity index (χ0n) is 10.8. The van der Waals surface area contributed by atoms with Gasteiger partial charge in [0, 0.05) is 23.3 Å². The SMILES string of the molecule is CNCC1CCN(c2ccc(Cl)cc2C)C1C. The van der Waals surface area contributed by atoms with Gasteiger partial charge in [-0.2, -0.15) is 0 Å². The highest BCUT2D eigenvalue weighted by molar-refractivity contribution is 6.30. The van der Waals surface area contributed by atoms with Crippen molar-refractivity contribution >= 4 is 17.3 Å². The first-order valence-corrected chi connectivity index (χ1v) is 6.68. The number of nitrogens with zero attached hydrogens (tertiary/aromatic N) is 1. The molecule has 2 rings (SSSR count). The summed E-state index contributed by atoms with van der Waals surface area (Å²) >= 11 is 6.01. The summed E-state index contributed by atoms with van der Waals surface area (Å²) in [5.41, 5.74) is 2.61. The van der Waals surface area contributed by atoms with Crippen LogP contribution in [-0.4, -0.2) is 26.2 Å². The third-order valence-electron chi connectivity index (χ3n) is 3.85.